The van der Waals surface area contributed by atoms with Gasteiger partial charge in [-0.05, 0) is 30.7 Å². The van der Waals surface area contributed by atoms with E-state index in [2.05, 4.69) is 32.2 Å². The van der Waals surface area contributed by atoms with Crippen LogP contribution in [0, 0.1) is 5.82 Å². The maximum Gasteiger partial charge on any atom is 0.182 e. The van der Waals surface area contributed by atoms with Gasteiger partial charge in [0.2, 0.25) is 0 Å². The summed E-state index contributed by atoms with van der Waals surface area (Å²) in [6.45, 7) is 2.09. The zero-order chi connectivity index (χ0) is 20.5. The number of benzene rings is 2. The number of hydrogen-bond donors (Lipinski definition) is 2. The minimum absolute atomic E-state index is 0.0979. The average Bonchev–Trinajstić information content (AvgIpc) is 3.27. The van der Waals surface area contributed by atoms with Gasteiger partial charge in [0.05, 0.1) is 22.9 Å². The fourth-order valence-electron chi connectivity index (χ4n) is 3.73. The first-order chi connectivity index (χ1) is 14.7. The van der Waals surface area contributed by atoms with Crippen molar-refractivity contribution >= 4 is 28.9 Å². The molecule has 0 fully saturated rings. The van der Waals surface area contributed by atoms with Crippen LogP contribution in [-0.2, 0) is 0 Å². The van der Waals surface area contributed by atoms with E-state index in [1.165, 1.54) is 12.4 Å². The van der Waals surface area contributed by atoms with E-state index < -0.39 is 0 Å². The van der Waals surface area contributed by atoms with E-state index in [1.807, 2.05) is 47.5 Å². The second kappa shape index (κ2) is 7.55. The molecule has 0 radical (unpaired) electrons. The van der Waals surface area contributed by atoms with Crippen molar-refractivity contribution in [2.24, 2.45) is 4.99 Å². The van der Waals surface area contributed by atoms with E-state index in [0.29, 0.717) is 22.0 Å². The van der Waals surface area contributed by atoms with Crippen molar-refractivity contribution in [3.63, 3.8) is 0 Å². The number of aromatic amines is 1. The van der Waals surface area contributed by atoms with Gasteiger partial charge in [0.15, 0.2) is 11.5 Å². The van der Waals surface area contributed by atoms with E-state index in [1.54, 1.807) is 12.4 Å². The normalized spacial score (nSPS) is 16.5. The summed E-state index contributed by atoms with van der Waals surface area (Å²) >= 11 is 0. The molecule has 1 aliphatic rings. The molecule has 0 amide bonds. The van der Waals surface area contributed by atoms with Gasteiger partial charge in [-0.3, -0.25) is 4.99 Å². The second-order valence-electron chi connectivity index (χ2n) is 7.07. The van der Waals surface area contributed by atoms with Gasteiger partial charge in [-0.25, -0.2) is 19.3 Å². The van der Waals surface area contributed by atoms with E-state index in [9.17, 15) is 4.39 Å². The summed E-state index contributed by atoms with van der Waals surface area (Å²) in [5.41, 5.74) is 2.28. The molecular formula is C22H20FN7. The van der Waals surface area contributed by atoms with Gasteiger partial charge >= 0.3 is 0 Å². The summed E-state index contributed by atoms with van der Waals surface area (Å²) < 4.78 is 14.5. The summed E-state index contributed by atoms with van der Waals surface area (Å²) in [6.07, 6.45) is 5.41. The first kappa shape index (κ1) is 18.2. The molecular weight excluding hydrogens is 381 g/mol. The third-order valence-corrected chi connectivity index (χ3v) is 5.25. The number of anilines is 2. The second-order valence-corrected chi connectivity index (χ2v) is 7.07. The highest BCUT2D eigenvalue weighted by molar-refractivity contribution is 5.82. The Balaban J connectivity index is 1.61. The molecule has 30 heavy (non-hydrogen) atoms. The molecule has 1 aliphatic heterocycles. The Labute approximate surface area is 172 Å². The predicted molar refractivity (Wildman–Crippen MR) is 114 cm³/mol. The lowest BCUT2D eigenvalue weighted by Crippen LogP contribution is -2.50. The van der Waals surface area contributed by atoms with Gasteiger partial charge in [-0.15, -0.1) is 0 Å². The van der Waals surface area contributed by atoms with E-state index >= 15 is 0 Å². The molecule has 4 aromatic rings. The molecule has 0 aliphatic carbocycles. The molecule has 2 aromatic carbocycles. The lowest BCUT2D eigenvalue weighted by atomic mass is 10.1. The minimum atomic E-state index is -0.292. The van der Waals surface area contributed by atoms with Gasteiger partial charge in [-0.1, -0.05) is 31.2 Å². The predicted octanol–water partition coefficient (Wildman–Crippen LogP) is 2.59. The minimum Gasteiger partial charge on any atom is -0.361 e. The summed E-state index contributed by atoms with van der Waals surface area (Å²) in [4.78, 5) is 22.8. The number of aromatic nitrogens is 4. The summed E-state index contributed by atoms with van der Waals surface area (Å²) in [5, 5.41) is 4.63. The molecule has 2 unspecified atom stereocenters. The first-order valence-corrected chi connectivity index (χ1v) is 9.83. The molecule has 2 aromatic heterocycles. The standard InChI is InChI=1S/C22H20FN7/c1-2-17(28-21-19-20(25-12-24-19)26-13-27-21)22-29-18-10-6-9-16(23)15(18)11-30(22)14-7-4-3-5-8-14/h3-13,17,22H,2H2,1H3,(H2,24,25,26,27,28). The van der Waals surface area contributed by atoms with Crippen molar-refractivity contribution in [2.45, 2.75) is 25.6 Å². The molecule has 5 rings (SSSR count). The van der Waals surface area contributed by atoms with Crippen LogP contribution in [0.5, 0.6) is 0 Å². The van der Waals surface area contributed by atoms with E-state index in [0.717, 1.165) is 17.6 Å². The molecule has 8 heteroatoms. The number of H-pyrrole nitrogens is 1. The Morgan fingerprint density at radius 1 is 1.10 bits per heavy atom. The number of nitrogens with one attached hydrogen (secondary N) is 2. The van der Waals surface area contributed by atoms with Crippen LogP contribution < -0.4 is 20.8 Å². The van der Waals surface area contributed by atoms with Crippen LogP contribution >= 0.6 is 0 Å². The number of nitrogens with zero attached hydrogens (tertiary/aromatic N) is 5. The number of halogens is 1. The monoisotopic (exact) mass is 401 g/mol. The topological polar surface area (TPSA) is 82.1 Å². The Hall–Kier alpha value is -3.81. The van der Waals surface area contributed by atoms with Crippen LogP contribution in [0.25, 0.3) is 17.4 Å². The fraction of sp³-hybridized carbons (Fsp3) is 0.182. The highest BCUT2D eigenvalue weighted by atomic mass is 19.1. The zero-order valence-corrected chi connectivity index (χ0v) is 16.3. The SMILES string of the molecule is CCC(Nc1ncnc2nc[nH]c12)C1N=c2cccc(F)c2=CN1c1ccccc1. The largest absolute Gasteiger partial charge is 0.361 e. The third kappa shape index (κ3) is 3.16. The summed E-state index contributed by atoms with van der Waals surface area (Å²) in [6, 6.07) is 14.8. The number of fused-ring (bicyclic) bond motifs is 2. The van der Waals surface area contributed by atoms with Gasteiger partial charge in [0.1, 0.15) is 23.8 Å². The third-order valence-electron chi connectivity index (χ3n) is 5.25. The Morgan fingerprint density at radius 2 is 1.97 bits per heavy atom. The smallest absolute Gasteiger partial charge is 0.182 e. The van der Waals surface area contributed by atoms with Gasteiger partial charge in [0, 0.05) is 11.9 Å². The van der Waals surface area contributed by atoms with Crippen molar-refractivity contribution in [3.05, 3.63) is 77.6 Å². The maximum atomic E-state index is 14.5. The molecule has 2 atom stereocenters. The van der Waals surface area contributed by atoms with Crippen LogP contribution in [0.3, 0.4) is 0 Å². The van der Waals surface area contributed by atoms with Crippen LogP contribution in [0.2, 0.25) is 0 Å². The molecule has 0 saturated heterocycles. The quantitative estimate of drug-likeness (QED) is 0.537. The fourth-order valence-corrected chi connectivity index (χ4v) is 3.73. The van der Waals surface area contributed by atoms with Crippen molar-refractivity contribution in [1.29, 1.82) is 0 Å². The molecule has 0 spiro atoms. The molecule has 3 heterocycles. The summed E-state index contributed by atoms with van der Waals surface area (Å²) in [7, 11) is 0. The number of imidazole rings is 1. The van der Waals surface area contributed by atoms with Crippen LogP contribution in [0.1, 0.15) is 13.3 Å². The Morgan fingerprint density at radius 3 is 2.80 bits per heavy atom. The van der Waals surface area contributed by atoms with E-state index in [-0.39, 0.29) is 18.0 Å². The molecule has 7 nitrogen and oxygen atoms in total. The molecule has 2 N–H and O–H groups in total. The maximum absolute atomic E-state index is 14.5. The van der Waals surface area contributed by atoms with Crippen molar-refractivity contribution in [1.82, 2.24) is 19.9 Å². The van der Waals surface area contributed by atoms with Gasteiger partial charge in [0.25, 0.3) is 0 Å². The average molecular weight is 401 g/mol. The Kier molecular flexibility index (Phi) is 4.59. The number of rotatable bonds is 5. The number of hydrogen-bond acceptors (Lipinski definition) is 6. The zero-order valence-electron chi connectivity index (χ0n) is 16.3. The highest BCUT2D eigenvalue weighted by Gasteiger charge is 2.28. The molecule has 0 bridgehead atoms. The van der Waals surface area contributed by atoms with Crippen LogP contribution in [0.15, 0.2) is 66.2 Å². The first-order valence-electron chi connectivity index (χ1n) is 9.83. The summed E-state index contributed by atoms with van der Waals surface area (Å²) in [5.74, 6) is 0.379. The van der Waals surface area contributed by atoms with Crippen molar-refractivity contribution in [2.75, 3.05) is 10.2 Å². The van der Waals surface area contributed by atoms with Gasteiger partial charge in [-0.2, -0.15) is 0 Å². The van der Waals surface area contributed by atoms with Crippen molar-refractivity contribution < 1.29 is 4.39 Å². The lowest BCUT2D eigenvalue weighted by Gasteiger charge is -2.35. The van der Waals surface area contributed by atoms with Gasteiger partial charge < -0.3 is 15.2 Å². The molecule has 0 saturated carbocycles. The Bertz CT molecular complexity index is 1300. The lowest BCUT2D eigenvalue weighted by molar-refractivity contribution is 0.532. The highest BCUT2D eigenvalue weighted by Crippen LogP contribution is 2.25. The van der Waals surface area contributed by atoms with Crippen LogP contribution in [0.4, 0.5) is 15.9 Å². The molecule has 150 valence electrons. The number of para-hydroxylation sites is 1. The van der Waals surface area contributed by atoms with E-state index in [4.69, 9.17) is 4.99 Å². The van der Waals surface area contributed by atoms with Crippen LogP contribution in [-0.4, -0.2) is 32.1 Å². The van der Waals surface area contributed by atoms with Crippen molar-refractivity contribution in [3.8, 4) is 0 Å².